The first-order chi connectivity index (χ1) is 9.16. The number of nitrogens with zero attached hydrogens (tertiary/aromatic N) is 1. The predicted octanol–water partition coefficient (Wildman–Crippen LogP) is 4.22. The summed E-state index contributed by atoms with van der Waals surface area (Å²) in [5, 5.41) is 3.81. The second-order valence-electron chi connectivity index (χ2n) is 5.36. The summed E-state index contributed by atoms with van der Waals surface area (Å²) < 4.78 is 0. The summed E-state index contributed by atoms with van der Waals surface area (Å²) in [7, 11) is 0. The molecule has 19 heavy (non-hydrogen) atoms. The Labute approximate surface area is 121 Å². The first-order valence-corrected chi connectivity index (χ1v) is 8.25. The van der Waals surface area contributed by atoms with Gasteiger partial charge in [-0.2, -0.15) is 0 Å². The van der Waals surface area contributed by atoms with Gasteiger partial charge in [-0.3, -0.25) is 4.90 Å². The van der Waals surface area contributed by atoms with Crippen LogP contribution in [-0.2, 0) is 0 Å². The highest BCUT2D eigenvalue weighted by Crippen LogP contribution is 2.30. The van der Waals surface area contributed by atoms with Crippen molar-refractivity contribution in [1.82, 2.24) is 10.2 Å². The minimum atomic E-state index is 0.293. The van der Waals surface area contributed by atoms with E-state index in [1.807, 2.05) is 0 Å². The van der Waals surface area contributed by atoms with Gasteiger partial charge in [-0.15, -0.1) is 6.58 Å². The lowest BCUT2D eigenvalue weighted by Crippen LogP contribution is -2.60. The maximum absolute atomic E-state index is 3.89. The molecule has 0 aliphatic carbocycles. The molecule has 2 nitrogen and oxygen atoms in total. The van der Waals surface area contributed by atoms with E-state index in [-0.39, 0.29) is 0 Å². The molecule has 0 radical (unpaired) electrons. The summed E-state index contributed by atoms with van der Waals surface area (Å²) in [4.78, 5) is 2.66. The first-order valence-electron chi connectivity index (χ1n) is 8.25. The molecule has 114 valence electrons. The van der Waals surface area contributed by atoms with Crippen molar-refractivity contribution in [3.63, 3.8) is 0 Å². The van der Waals surface area contributed by atoms with Crippen molar-refractivity contribution >= 4 is 0 Å². The lowest BCUT2D eigenvalue weighted by Gasteiger charge is -2.48. The van der Waals surface area contributed by atoms with Crippen LogP contribution >= 0.6 is 0 Å². The third-order valence-corrected chi connectivity index (χ3v) is 4.57. The summed E-state index contributed by atoms with van der Waals surface area (Å²) in [5.74, 6) is 0. The van der Waals surface area contributed by atoms with E-state index in [0.717, 1.165) is 26.1 Å². The molecule has 1 atom stereocenters. The number of hydrogen-bond donors (Lipinski definition) is 1. The minimum Gasteiger partial charge on any atom is -0.312 e. The highest BCUT2D eigenvalue weighted by atomic mass is 15.2. The Morgan fingerprint density at radius 2 is 1.68 bits per heavy atom. The number of allylic oxidation sites excluding steroid dienone is 1. The van der Waals surface area contributed by atoms with Gasteiger partial charge >= 0.3 is 0 Å². The second kappa shape index (κ2) is 10.4. The zero-order valence-electron chi connectivity index (χ0n) is 14.0. The Kier molecular flexibility index (Phi) is 10.3. The highest BCUT2D eigenvalue weighted by molar-refractivity contribution is 4.99. The minimum absolute atomic E-state index is 0.293. The van der Waals surface area contributed by atoms with Crippen molar-refractivity contribution in [3.05, 3.63) is 12.7 Å². The number of hydrogen-bond acceptors (Lipinski definition) is 2. The van der Waals surface area contributed by atoms with Gasteiger partial charge in [0.2, 0.25) is 0 Å². The fourth-order valence-electron chi connectivity index (χ4n) is 3.43. The van der Waals surface area contributed by atoms with Crippen molar-refractivity contribution in [2.75, 3.05) is 19.6 Å². The van der Waals surface area contributed by atoms with Gasteiger partial charge < -0.3 is 5.32 Å². The van der Waals surface area contributed by atoms with E-state index in [1.54, 1.807) is 0 Å². The van der Waals surface area contributed by atoms with Crippen molar-refractivity contribution in [1.29, 1.82) is 0 Å². The van der Waals surface area contributed by atoms with E-state index in [2.05, 4.69) is 57.5 Å². The molecule has 0 aliphatic rings. The largest absolute Gasteiger partial charge is 0.312 e. The van der Waals surface area contributed by atoms with E-state index < -0.39 is 0 Å². The Morgan fingerprint density at radius 3 is 2.05 bits per heavy atom. The van der Waals surface area contributed by atoms with E-state index >= 15 is 0 Å². The molecule has 0 fully saturated rings. The Bertz CT molecular complexity index is 217. The van der Waals surface area contributed by atoms with E-state index in [0.29, 0.717) is 11.6 Å². The van der Waals surface area contributed by atoms with Gasteiger partial charge in [-0.1, -0.05) is 40.7 Å². The third-order valence-electron chi connectivity index (χ3n) is 4.57. The molecule has 1 N–H and O–H groups in total. The van der Waals surface area contributed by atoms with E-state index in [9.17, 15) is 0 Å². The fraction of sp³-hybridized carbons (Fsp3) is 0.882. The molecule has 0 aromatic heterocycles. The molecule has 0 bridgehead atoms. The quantitative estimate of drug-likeness (QED) is 0.533. The number of likely N-dealkylation sites (N-methyl/N-ethyl adjacent to an activating group) is 1. The fourth-order valence-corrected chi connectivity index (χ4v) is 3.43. The van der Waals surface area contributed by atoms with Gasteiger partial charge in [-0.05, 0) is 51.7 Å². The molecule has 0 aliphatic heterocycles. The summed E-state index contributed by atoms with van der Waals surface area (Å²) in [6.45, 7) is 18.8. The maximum atomic E-state index is 3.89. The Morgan fingerprint density at radius 1 is 1.11 bits per heavy atom. The molecule has 2 heteroatoms. The zero-order valence-corrected chi connectivity index (χ0v) is 14.0. The van der Waals surface area contributed by atoms with Crippen LogP contribution in [0.3, 0.4) is 0 Å². The van der Waals surface area contributed by atoms with Crippen LogP contribution in [0.15, 0.2) is 12.7 Å². The molecular formula is C17H36N2. The van der Waals surface area contributed by atoms with Crippen molar-refractivity contribution in [2.24, 2.45) is 0 Å². The molecule has 0 amide bonds. The van der Waals surface area contributed by atoms with Crippen molar-refractivity contribution < 1.29 is 0 Å². The lowest BCUT2D eigenvalue weighted by molar-refractivity contribution is 0.0464. The topological polar surface area (TPSA) is 15.3 Å². The van der Waals surface area contributed by atoms with Gasteiger partial charge in [0.1, 0.15) is 0 Å². The van der Waals surface area contributed by atoms with Crippen LogP contribution in [-0.4, -0.2) is 36.1 Å². The number of rotatable bonds is 12. The van der Waals surface area contributed by atoms with Gasteiger partial charge in [0.25, 0.3) is 0 Å². The smallest absolute Gasteiger partial charge is 0.0357 e. The molecular weight excluding hydrogens is 232 g/mol. The second-order valence-corrected chi connectivity index (χ2v) is 5.36. The summed E-state index contributed by atoms with van der Waals surface area (Å²) in [6.07, 6.45) is 7.98. The summed E-state index contributed by atoms with van der Waals surface area (Å²) in [6, 6.07) is 0.570. The van der Waals surface area contributed by atoms with Gasteiger partial charge in [0.05, 0.1) is 0 Å². The highest BCUT2D eigenvalue weighted by Gasteiger charge is 2.38. The number of nitrogens with one attached hydrogen (secondary N) is 1. The molecule has 0 spiro atoms. The van der Waals surface area contributed by atoms with E-state index in [4.69, 9.17) is 0 Å². The van der Waals surface area contributed by atoms with Crippen LogP contribution < -0.4 is 5.32 Å². The zero-order chi connectivity index (χ0) is 14.7. The van der Waals surface area contributed by atoms with Crippen LogP contribution in [0.5, 0.6) is 0 Å². The third kappa shape index (κ3) is 4.92. The molecule has 0 aromatic carbocycles. The summed E-state index contributed by atoms with van der Waals surface area (Å²) >= 11 is 0. The molecule has 0 saturated heterocycles. The standard InChI is InChI=1S/C17H36N2/c1-7-13-14-16(18-15-8-2)17(9-3,10-4)19(11-5)12-6/h7,16,18H,1,8-15H2,2-6H3. The van der Waals surface area contributed by atoms with E-state index in [1.165, 1.54) is 25.7 Å². The average molecular weight is 268 g/mol. The summed E-state index contributed by atoms with van der Waals surface area (Å²) in [5.41, 5.74) is 0.293. The molecule has 1 unspecified atom stereocenters. The molecule has 0 aromatic rings. The maximum Gasteiger partial charge on any atom is 0.0357 e. The molecule has 0 heterocycles. The van der Waals surface area contributed by atoms with Crippen LogP contribution in [0.2, 0.25) is 0 Å². The average Bonchev–Trinajstić information content (AvgIpc) is 2.45. The van der Waals surface area contributed by atoms with Crippen molar-refractivity contribution in [2.45, 2.75) is 78.3 Å². The van der Waals surface area contributed by atoms with Crippen LogP contribution in [0.25, 0.3) is 0 Å². The Hall–Kier alpha value is -0.340. The lowest BCUT2D eigenvalue weighted by atomic mass is 9.80. The first kappa shape index (κ1) is 18.7. The SMILES string of the molecule is C=CCCC(NCCC)C(CC)(CC)N(CC)CC. The van der Waals surface area contributed by atoms with Gasteiger partial charge in [-0.25, -0.2) is 0 Å². The van der Waals surface area contributed by atoms with Gasteiger partial charge in [0, 0.05) is 11.6 Å². The normalized spacial score (nSPS) is 13.8. The predicted molar refractivity (Wildman–Crippen MR) is 87.7 cm³/mol. The van der Waals surface area contributed by atoms with Crippen LogP contribution in [0, 0.1) is 0 Å². The monoisotopic (exact) mass is 268 g/mol. The molecule has 0 rings (SSSR count). The van der Waals surface area contributed by atoms with Gasteiger partial charge in [0.15, 0.2) is 0 Å². The van der Waals surface area contributed by atoms with Crippen molar-refractivity contribution in [3.8, 4) is 0 Å². The molecule has 0 saturated carbocycles. The van der Waals surface area contributed by atoms with Crippen LogP contribution in [0.1, 0.15) is 66.7 Å². The van der Waals surface area contributed by atoms with Crippen LogP contribution in [0.4, 0.5) is 0 Å². The Balaban J connectivity index is 5.13.